The van der Waals surface area contributed by atoms with Crippen LogP contribution in [0, 0.1) is 18.8 Å². The van der Waals surface area contributed by atoms with E-state index in [2.05, 4.69) is 4.98 Å². The molecule has 1 heterocycles. The highest BCUT2D eigenvalue weighted by molar-refractivity contribution is 5.96. The monoisotopic (exact) mass is 402 g/mol. The zero-order chi connectivity index (χ0) is 21.7. The first-order valence-corrected chi connectivity index (χ1v) is 9.72. The molecule has 0 aliphatic carbocycles. The molecule has 2 aromatic rings. The van der Waals surface area contributed by atoms with Gasteiger partial charge in [0.05, 0.1) is 0 Å². The van der Waals surface area contributed by atoms with Gasteiger partial charge in [0.15, 0.2) is 12.3 Å². The molecule has 2 rings (SSSR count). The molecule has 0 aliphatic rings. The number of nitrogen functional groups attached to an aromatic ring is 1. The van der Waals surface area contributed by atoms with Crippen molar-refractivity contribution in [3.8, 4) is 5.75 Å². The van der Waals surface area contributed by atoms with Gasteiger partial charge in [0.2, 0.25) is 0 Å². The normalized spacial score (nSPS) is 11.1. The summed E-state index contributed by atoms with van der Waals surface area (Å²) in [5.74, 6) is 0.332. The molecule has 0 bridgehead atoms. The van der Waals surface area contributed by atoms with E-state index in [1.807, 2.05) is 46.8 Å². The number of aryl methyl sites for hydroxylation is 1. The number of hydrogen-bond donors (Lipinski definition) is 2. The van der Waals surface area contributed by atoms with Gasteiger partial charge in [-0.3, -0.25) is 19.1 Å². The number of hydrogen-bond acceptors (Lipinski definition) is 5. The molecule has 158 valence electrons. The van der Waals surface area contributed by atoms with Gasteiger partial charge in [-0.25, -0.2) is 4.79 Å². The summed E-state index contributed by atoms with van der Waals surface area (Å²) in [6.45, 7) is 10.0. The average molecular weight is 402 g/mol. The maximum absolute atomic E-state index is 12.9. The highest BCUT2D eigenvalue weighted by atomic mass is 16.5. The van der Waals surface area contributed by atoms with Crippen LogP contribution in [0.5, 0.6) is 5.75 Å². The zero-order valence-electron chi connectivity index (χ0n) is 17.7. The number of amides is 1. The molecule has 3 N–H and O–H groups in total. The van der Waals surface area contributed by atoms with Crippen LogP contribution in [-0.4, -0.2) is 28.6 Å². The zero-order valence-corrected chi connectivity index (χ0v) is 17.7. The van der Waals surface area contributed by atoms with E-state index in [0.29, 0.717) is 12.3 Å². The molecule has 0 saturated heterocycles. The Balaban J connectivity index is 2.38. The van der Waals surface area contributed by atoms with Crippen molar-refractivity contribution in [1.82, 2.24) is 9.55 Å². The van der Waals surface area contributed by atoms with E-state index in [1.165, 1.54) is 9.47 Å². The fraction of sp³-hybridized carbons (Fsp3) is 0.476. The smallest absolute Gasteiger partial charge is 0.330 e. The lowest BCUT2D eigenvalue weighted by Crippen LogP contribution is -2.44. The second kappa shape index (κ2) is 9.45. The Morgan fingerprint density at radius 1 is 1.14 bits per heavy atom. The van der Waals surface area contributed by atoms with Gasteiger partial charge in [-0.05, 0) is 30.9 Å². The Morgan fingerprint density at radius 3 is 2.31 bits per heavy atom. The van der Waals surface area contributed by atoms with Crippen LogP contribution in [0.2, 0.25) is 0 Å². The number of aromatic nitrogens is 2. The molecule has 0 fully saturated rings. The first-order valence-electron chi connectivity index (χ1n) is 9.72. The van der Waals surface area contributed by atoms with E-state index in [1.54, 1.807) is 12.1 Å². The Kier molecular flexibility index (Phi) is 7.25. The molecular formula is C21H30N4O4. The third-order valence-electron chi connectivity index (χ3n) is 4.26. The van der Waals surface area contributed by atoms with Gasteiger partial charge in [-0.15, -0.1) is 0 Å². The predicted molar refractivity (Wildman–Crippen MR) is 114 cm³/mol. The highest BCUT2D eigenvalue weighted by Gasteiger charge is 2.25. The van der Waals surface area contributed by atoms with Crippen molar-refractivity contribution in [2.75, 3.05) is 23.8 Å². The fourth-order valence-corrected chi connectivity index (χ4v) is 2.93. The predicted octanol–water partition coefficient (Wildman–Crippen LogP) is 2.15. The minimum atomic E-state index is -0.683. The van der Waals surface area contributed by atoms with Crippen LogP contribution < -0.4 is 26.6 Å². The summed E-state index contributed by atoms with van der Waals surface area (Å²) in [5, 5.41) is 0. The van der Waals surface area contributed by atoms with E-state index >= 15 is 0 Å². The third kappa shape index (κ3) is 5.73. The van der Waals surface area contributed by atoms with Gasteiger partial charge in [0.25, 0.3) is 11.5 Å². The van der Waals surface area contributed by atoms with Crippen LogP contribution in [-0.2, 0) is 11.3 Å². The Bertz CT molecular complexity index is 958. The largest absolute Gasteiger partial charge is 0.484 e. The molecule has 1 aromatic carbocycles. The number of ether oxygens (including phenoxy) is 1. The van der Waals surface area contributed by atoms with Gasteiger partial charge in [0, 0.05) is 13.1 Å². The van der Waals surface area contributed by atoms with Crippen LogP contribution >= 0.6 is 0 Å². The van der Waals surface area contributed by atoms with Crippen LogP contribution in [0.4, 0.5) is 11.5 Å². The minimum Gasteiger partial charge on any atom is -0.484 e. The van der Waals surface area contributed by atoms with E-state index in [9.17, 15) is 14.4 Å². The Hall–Kier alpha value is -3.03. The van der Waals surface area contributed by atoms with Crippen LogP contribution in [0.1, 0.15) is 33.3 Å². The van der Waals surface area contributed by atoms with E-state index in [-0.39, 0.29) is 36.5 Å². The van der Waals surface area contributed by atoms with Crippen LogP contribution in [0.3, 0.4) is 0 Å². The topological polar surface area (TPSA) is 110 Å². The molecule has 29 heavy (non-hydrogen) atoms. The van der Waals surface area contributed by atoms with Crippen molar-refractivity contribution >= 4 is 17.4 Å². The van der Waals surface area contributed by atoms with E-state index in [4.69, 9.17) is 10.5 Å². The van der Waals surface area contributed by atoms with E-state index < -0.39 is 17.2 Å². The van der Waals surface area contributed by atoms with Gasteiger partial charge in [0.1, 0.15) is 11.6 Å². The summed E-state index contributed by atoms with van der Waals surface area (Å²) in [7, 11) is 0. The number of benzene rings is 1. The van der Waals surface area contributed by atoms with E-state index in [0.717, 1.165) is 5.56 Å². The minimum absolute atomic E-state index is 0.0169. The number of nitrogens with zero attached hydrogens (tertiary/aromatic N) is 2. The average Bonchev–Trinajstić information content (AvgIpc) is 2.63. The number of aromatic amines is 1. The van der Waals surface area contributed by atoms with Gasteiger partial charge in [-0.1, -0.05) is 45.4 Å². The van der Waals surface area contributed by atoms with Crippen molar-refractivity contribution < 1.29 is 9.53 Å². The standard InChI is InChI=1S/C21H30N4O4/c1-13(2)10-24(17(26)12-29-16-8-6-15(5)7-9-16)18-19(22)25(11-14(3)4)21(28)23-20(18)27/h6-9,13-14H,10-12,22H2,1-5H3,(H,23,27,28). The lowest BCUT2D eigenvalue weighted by molar-refractivity contribution is -0.120. The first kappa shape index (κ1) is 22.3. The second-order valence-electron chi connectivity index (χ2n) is 8.00. The van der Waals surface area contributed by atoms with Crippen molar-refractivity contribution in [3.05, 3.63) is 50.7 Å². The number of nitrogens with one attached hydrogen (secondary N) is 1. The van der Waals surface area contributed by atoms with Crippen molar-refractivity contribution in [2.45, 2.75) is 41.2 Å². The molecule has 0 aliphatic heterocycles. The molecule has 1 amide bonds. The van der Waals surface area contributed by atoms with Crippen molar-refractivity contribution in [3.63, 3.8) is 0 Å². The quantitative estimate of drug-likeness (QED) is 0.703. The van der Waals surface area contributed by atoms with Crippen LogP contribution in [0.15, 0.2) is 33.9 Å². The molecule has 0 radical (unpaired) electrons. The number of carbonyl (C=O) groups is 1. The van der Waals surface area contributed by atoms with Crippen LogP contribution in [0.25, 0.3) is 0 Å². The molecule has 0 saturated carbocycles. The van der Waals surface area contributed by atoms with Gasteiger partial charge in [-0.2, -0.15) is 0 Å². The number of rotatable bonds is 8. The molecule has 0 unspecified atom stereocenters. The number of anilines is 2. The summed E-state index contributed by atoms with van der Waals surface area (Å²) in [5.41, 5.74) is 5.97. The summed E-state index contributed by atoms with van der Waals surface area (Å²) in [6.07, 6.45) is 0. The summed E-state index contributed by atoms with van der Waals surface area (Å²) in [4.78, 5) is 41.3. The number of nitrogens with two attached hydrogens (primary N) is 1. The van der Waals surface area contributed by atoms with Crippen molar-refractivity contribution in [1.29, 1.82) is 0 Å². The summed E-state index contributed by atoms with van der Waals surface area (Å²) >= 11 is 0. The van der Waals surface area contributed by atoms with Crippen molar-refractivity contribution in [2.24, 2.45) is 11.8 Å². The highest BCUT2D eigenvalue weighted by Crippen LogP contribution is 2.20. The maximum Gasteiger partial charge on any atom is 0.330 e. The van der Waals surface area contributed by atoms with Gasteiger partial charge < -0.3 is 15.4 Å². The Labute approximate surface area is 170 Å². The maximum atomic E-state index is 12.9. The molecule has 0 spiro atoms. The third-order valence-corrected chi connectivity index (χ3v) is 4.26. The summed E-state index contributed by atoms with van der Waals surface area (Å²) < 4.78 is 6.89. The molecule has 8 heteroatoms. The van der Waals surface area contributed by atoms with Gasteiger partial charge >= 0.3 is 5.69 Å². The first-order chi connectivity index (χ1) is 13.6. The Morgan fingerprint density at radius 2 is 1.76 bits per heavy atom. The molecule has 1 aromatic heterocycles. The molecule has 0 atom stereocenters. The fourth-order valence-electron chi connectivity index (χ4n) is 2.93. The second-order valence-corrected chi connectivity index (χ2v) is 8.00. The SMILES string of the molecule is Cc1ccc(OCC(=O)N(CC(C)C)c2c(N)n(CC(C)C)c(=O)[nH]c2=O)cc1. The summed E-state index contributed by atoms with van der Waals surface area (Å²) in [6, 6.07) is 7.32. The molecular weight excluding hydrogens is 372 g/mol. The number of carbonyl (C=O) groups excluding carboxylic acids is 1. The molecule has 8 nitrogen and oxygen atoms in total. The number of H-pyrrole nitrogens is 1. The lowest BCUT2D eigenvalue weighted by Gasteiger charge is -2.26. The lowest BCUT2D eigenvalue weighted by atomic mass is 10.2.